The molecule has 0 aliphatic carbocycles. The third-order valence-electron chi connectivity index (χ3n) is 2.66. The van der Waals surface area contributed by atoms with E-state index in [0.717, 1.165) is 36.6 Å². The molecule has 2 aromatic rings. The van der Waals surface area contributed by atoms with Crippen LogP contribution >= 0.6 is 0 Å². The van der Waals surface area contributed by atoms with Crippen LogP contribution < -0.4 is 10.6 Å². The summed E-state index contributed by atoms with van der Waals surface area (Å²) < 4.78 is 0. The van der Waals surface area contributed by atoms with Gasteiger partial charge in [-0.2, -0.15) is 4.98 Å². The van der Waals surface area contributed by atoms with Gasteiger partial charge in [-0.25, -0.2) is 4.98 Å². The Kier molecular flexibility index (Phi) is 2.03. The molecular weight excluding hydrogens is 190 g/mol. The van der Waals surface area contributed by atoms with Crippen molar-refractivity contribution >= 4 is 17.1 Å². The van der Waals surface area contributed by atoms with Crippen LogP contribution in [0.5, 0.6) is 0 Å². The maximum atomic E-state index is 4.37. The normalized spacial score (nSPS) is 20.9. The molecule has 0 radical (unpaired) electrons. The van der Waals surface area contributed by atoms with Gasteiger partial charge in [0.05, 0.1) is 5.52 Å². The van der Waals surface area contributed by atoms with Gasteiger partial charge in [0.15, 0.2) is 5.65 Å². The summed E-state index contributed by atoms with van der Waals surface area (Å²) >= 11 is 0. The molecule has 0 bridgehead atoms. The zero-order valence-electron chi connectivity index (χ0n) is 8.33. The quantitative estimate of drug-likeness (QED) is 0.673. The first-order chi connectivity index (χ1) is 7.42. The number of aromatic nitrogens is 3. The van der Waals surface area contributed by atoms with Gasteiger partial charge in [-0.15, -0.1) is 0 Å². The first-order valence-corrected chi connectivity index (χ1v) is 5.20. The minimum Gasteiger partial charge on any atom is -0.352 e. The number of rotatable bonds is 2. The van der Waals surface area contributed by atoms with Crippen molar-refractivity contribution in [3.05, 3.63) is 18.3 Å². The van der Waals surface area contributed by atoms with Crippen LogP contribution in [0.4, 0.5) is 5.95 Å². The summed E-state index contributed by atoms with van der Waals surface area (Å²) in [5.74, 6) is 0.817. The lowest BCUT2D eigenvalue weighted by atomic mass is 10.3. The molecule has 5 heteroatoms. The highest BCUT2D eigenvalue weighted by atomic mass is 15.2. The van der Waals surface area contributed by atoms with Gasteiger partial charge in [0.1, 0.15) is 0 Å². The van der Waals surface area contributed by atoms with Crippen LogP contribution in [0.2, 0.25) is 0 Å². The second kappa shape index (κ2) is 3.51. The number of fused-ring (bicyclic) bond motifs is 1. The lowest BCUT2D eigenvalue weighted by Gasteiger charge is -2.08. The maximum absolute atomic E-state index is 4.37. The van der Waals surface area contributed by atoms with Gasteiger partial charge < -0.3 is 15.6 Å². The molecule has 3 rings (SSSR count). The van der Waals surface area contributed by atoms with Gasteiger partial charge in [-0.1, -0.05) is 0 Å². The fourth-order valence-electron chi connectivity index (χ4n) is 1.88. The molecule has 1 aliphatic heterocycles. The van der Waals surface area contributed by atoms with E-state index in [1.807, 2.05) is 12.1 Å². The lowest BCUT2D eigenvalue weighted by molar-refractivity contribution is 0.784. The Morgan fingerprint density at radius 2 is 2.47 bits per heavy atom. The summed E-state index contributed by atoms with van der Waals surface area (Å²) in [4.78, 5) is 11.8. The van der Waals surface area contributed by atoms with Gasteiger partial charge in [-0.05, 0) is 25.1 Å². The molecule has 0 spiro atoms. The topological polar surface area (TPSA) is 65.6 Å². The Balaban J connectivity index is 1.84. The summed E-state index contributed by atoms with van der Waals surface area (Å²) in [6, 6.07) is 4.36. The fourth-order valence-corrected chi connectivity index (χ4v) is 1.88. The van der Waals surface area contributed by atoms with Crippen LogP contribution in [-0.4, -0.2) is 34.1 Å². The van der Waals surface area contributed by atoms with Gasteiger partial charge in [0, 0.05) is 18.8 Å². The first kappa shape index (κ1) is 8.67. The van der Waals surface area contributed by atoms with E-state index in [1.165, 1.54) is 0 Å². The minimum atomic E-state index is 0.477. The summed E-state index contributed by atoms with van der Waals surface area (Å²) in [6.07, 6.45) is 2.90. The first-order valence-electron chi connectivity index (χ1n) is 5.20. The number of hydrogen-bond donors (Lipinski definition) is 3. The van der Waals surface area contributed by atoms with Gasteiger partial charge >= 0.3 is 0 Å². The Bertz CT molecular complexity index is 425. The van der Waals surface area contributed by atoms with Crippen LogP contribution in [0.25, 0.3) is 11.2 Å². The molecule has 15 heavy (non-hydrogen) atoms. The Morgan fingerprint density at radius 1 is 1.47 bits per heavy atom. The molecule has 1 fully saturated rings. The number of aromatic amines is 1. The smallest absolute Gasteiger partial charge is 0.202 e. The van der Waals surface area contributed by atoms with E-state index in [9.17, 15) is 0 Å². The Labute approximate surface area is 87.3 Å². The van der Waals surface area contributed by atoms with E-state index >= 15 is 0 Å². The number of pyridine rings is 1. The van der Waals surface area contributed by atoms with Crippen molar-refractivity contribution in [2.75, 3.05) is 18.4 Å². The van der Waals surface area contributed by atoms with Crippen LogP contribution in [0.1, 0.15) is 6.42 Å². The molecule has 1 saturated heterocycles. The second-order valence-corrected chi connectivity index (χ2v) is 3.79. The molecule has 2 aromatic heterocycles. The van der Waals surface area contributed by atoms with Crippen molar-refractivity contribution in [1.82, 2.24) is 20.3 Å². The van der Waals surface area contributed by atoms with Crippen LogP contribution in [0, 0.1) is 0 Å². The average Bonchev–Trinajstić information content (AvgIpc) is 2.86. The third-order valence-corrected chi connectivity index (χ3v) is 2.66. The number of nitrogens with zero attached hydrogens (tertiary/aromatic N) is 2. The molecule has 0 unspecified atom stereocenters. The highest BCUT2D eigenvalue weighted by Crippen LogP contribution is 2.13. The molecule has 1 atom stereocenters. The van der Waals surface area contributed by atoms with E-state index in [0.29, 0.717) is 6.04 Å². The molecule has 5 nitrogen and oxygen atoms in total. The molecule has 78 valence electrons. The number of H-pyrrole nitrogens is 1. The molecule has 0 amide bonds. The van der Waals surface area contributed by atoms with Crippen molar-refractivity contribution in [3.63, 3.8) is 0 Å². The summed E-state index contributed by atoms with van der Waals surface area (Å²) in [5.41, 5.74) is 1.75. The fraction of sp³-hybridized carbons (Fsp3) is 0.400. The molecule has 3 heterocycles. The maximum Gasteiger partial charge on any atom is 0.202 e. The predicted octanol–water partition coefficient (Wildman–Crippen LogP) is 0.732. The summed E-state index contributed by atoms with van der Waals surface area (Å²) in [6.45, 7) is 2.08. The Hall–Kier alpha value is -1.62. The standard InChI is InChI=1S/C10H13N5/c1-2-8-9(12-4-1)15-10(14-8)13-7-3-5-11-6-7/h1-2,4,7,11H,3,5-6H2,(H2,12,13,14,15)/t7-/m1/s1. The van der Waals surface area contributed by atoms with E-state index in [2.05, 4.69) is 25.6 Å². The highest BCUT2D eigenvalue weighted by Gasteiger charge is 2.15. The third kappa shape index (κ3) is 1.66. The second-order valence-electron chi connectivity index (χ2n) is 3.79. The lowest BCUT2D eigenvalue weighted by Crippen LogP contribution is -2.22. The molecule has 0 saturated carbocycles. The number of nitrogens with one attached hydrogen (secondary N) is 3. The summed E-state index contributed by atoms with van der Waals surface area (Å²) in [7, 11) is 0. The van der Waals surface area contributed by atoms with E-state index < -0.39 is 0 Å². The SMILES string of the molecule is c1cnc2nc(N[C@@H]3CCNC3)[nH]c2c1. The molecule has 3 N–H and O–H groups in total. The van der Waals surface area contributed by atoms with E-state index in [1.54, 1.807) is 6.20 Å². The highest BCUT2D eigenvalue weighted by molar-refractivity contribution is 5.72. The number of hydrogen-bond acceptors (Lipinski definition) is 4. The van der Waals surface area contributed by atoms with Gasteiger partial charge in [0.2, 0.25) is 5.95 Å². The van der Waals surface area contributed by atoms with Crippen molar-refractivity contribution in [3.8, 4) is 0 Å². The van der Waals surface area contributed by atoms with Crippen LogP contribution in [-0.2, 0) is 0 Å². The van der Waals surface area contributed by atoms with Crippen LogP contribution in [0.3, 0.4) is 0 Å². The van der Waals surface area contributed by atoms with Crippen molar-refractivity contribution in [1.29, 1.82) is 0 Å². The van der Waals surface area contributed by atoms with E-state index in [4.69, 9.17) is 0 Å². The average molecular weight is 203 g/mol. The largest absolute Gasteiger partial charge is 0.352 e. The molecule has 0 aromatic carbocycles. The monoisotopic (exact) mass is 203 g/mol. The minimum absolute atomic E-state index is 0.477. The van der Waals surface area contributed by atoms with Crippen LogP contribution in [0.15, 0.2) is 18.3 Å². The zero-order chi connectivity index (χ0) is 10.1. The molecule has 1 aliphatic rings. The van der Waals surface area contributed by atoms with Gasteiger partial charge in [0.25, 0.3) is 0 Å². The van der Waals surface area contributed by atoms with E-state index in [-0.39, 0.29) is 0 Å². The number of anilines is 1. The number of imidazole rings is 1. The Morgan fingerprint density at radius 3 is 3.27 bits per heavy atom. The van der Waals surface area contributed by atoms with Crippen molar-refractivity contribution < 1.29 is 0 Å². The van der Waals surface area contributed by atoms with Crippen molar-refractivity contribution in [2.24, 2.45) is 0 Å². The van der Waals surface area contributed by atoms with Crippen molar-refractivity contribution in [2.45, 2.75) is 12.5 Å². The van der Waals surface area contributed by atoms with Gasteiger partial charge in [-0.3, -0.25) is 0 Å². The summed E-state index contributed by atoms with van der Waals surface area (Å²) in [5, 5.41) is 6.67. The predicted molar refractivity (Wildman–Crippen MR) is 58.8 cm³/mol. The molecular formula is C10H13N5. The zero-order valence-corrected chi connectivity index (χ0v) is 8.33.